The summed E-state index contributed by atoms with van der Waals surface area (Å²) in [5, 5.41) is 7.98. The molecule has 28 heavy (non-hydrogen) atoms. The Morgan fingerprint density at radius 3 is 2.68 bits per heavy atom. The highest BCUT2D eigenvalue weighted by atomic mass is 16.5. The van der Waals surface area contributed by atoms with Crippen molar-refractivity contribution >= 4 is 16.9 Å². The van der Waals surface area contributed by atoms with Crippen LogP contribution in [-0.4, -0.2) is 38.3 Å². The highest BCUT2D eigenvalue weighted by Gasteiger charge is 2.06. The number of benzene rings is 2. The third kappa shape index (κ3) is 4.76. The van der Waals surface area contributed by atoms with E-state index in [1.54, 1.807) is 21.3 Å². The number of para-hydroxylation sites is 1. The second kappa shape index (κ2) is 9.69. The number of nitrogens with zero attached hydrogens (tertiary/aromatic N) is 2. The van der Waals surface area contributed by atoms with E-state index < -0.39 is 0 Å². The van der Waals surface area contributed by atoms with Crippen LogP contribution in [0.1, 0.15) is 12.0 Å². The smallest absolute Gasteiger partial charge is 0.191 e. The van der Waals surface area contributed by atoms with Crippen LogP contribution < -0.4 is 20.1 Å². The van der Waals surface area contributed by atoms with Crippen LogP contribution in [0.15, 0.2) is 59.7 Å². The molecule has 6 nitrogen and oxygen atoms in total. The fourth-order valence-electron chi connectivity index (χ4n) is 3.19. The standard InChI is InChI=1S/C22H28N4O2/c1-23-22(25-16-18-9-10-19(27-2)15-21(18)28-3)24-12-6-13-26-14-11-17-7-4-5-8-20(17)26/h4-5,7-11,14-15H,6,12-13,16H2,1-3H3,(H2,23,24,25). The number of methoxy groups -OCH3 is 2. The van der Waals surface area contributed by atoms with Crippen LogP contribution in [0.5, 0.6) is 11.5 Å². The molecule has 3 aromatic rings. The van der Waals surface area contributed by atoms with Crippen molar-refractivity contribution < 1.29 is 9.47 Å². The molecule has 0 atom stereocenters. The van der Waals surface area contributed by atoms with Crippen LogP contribution in [0.2, 0.25) is 0 Å². The van der Waals surface area contributed by atoms with Crippen LogP contribution in [-0.2, 0) is 13.1 Å². The summed E-state index contributed by atoms with van der Waals surface area (Å²) >= 11 is 0. The molecule has 0 amide bonds. The Morgan fingerprint density at radius 2 is 1.89 bits per heavy atom. The number of nitrogens with one attached hydrogen (secondary N) is 2. The first kappa shape index (κ1) is 19.6. The molecule has 6 heteroatoms. The van der Waals surface area contributed by atoms with Crippen LogP contribution in [0.25, 0.3) is 10.9 Å². The third-order valence-corrected chi connectivity index (χ3v) is 4.71. The van der Waals surface area contributed by atoms with E-state index in [1.807, 2.05) is 18.2 Å². The first-order valence-electron chi connectivity index (χ1n) is 9.44. The Labute approximate surface area is 166 Å². The summed E-state index contributed by atoms with van der Waals surface area (Å²) in [6.45, 7) is 2.42. The molecule has 0 spiro atoms. The number of aromatic nitrogens is 1. The van der Waals surface area contributed by atoms with Crippen LogP contribution >= 0.6 is 0 Å². The van der Waals surface area contributed by atoms with Gasteiger partial charge in [0.15, 0.2) is 5.96 Å². The molecule has 148 valence electrons. The van der Waals surface area contributed by atoms with E-state index in [-0.39, 0.29) is 0 Å². The van der Waals surface area contributed by atoms with Gasteiger partial charge in [0.1, 0.15) is 11.5 Å². The summed E-state index contributed by atoms with van der Waals surface area (Å²) in [4.78, 5) is 4.30. The molecule has 2 N–H and O–H groups in total. The minimum Gasteiger partial charge on any atom is -0.497 e. The molecule has 3 rings (SSSR count). The van der Waals surface area contributed by atoms with Crippen molar-refractivity contribution in [3.63, 3.8) is 0 Å². The number of rotatable bonds is 8. The molecule has 0 radical (unpaired) electrons. The van der Waals surface area contributed by atoms with E-state index in [0.29, 0.717) is 6.54 Å². The van der Waals surface area contributed by atoms with Gasteiger partial charge < -0.3 is 24.7 Å². The Kier molecular flexibility index (Phi) is 6.78. The number of hydrogen-bond acceptors (Lipinski definition) is 3. The van der Waals surface area contributed by atoms with Crippen molar-refractivity contribution in [1.29, 1.82) is 0 Å². The topological polar surface area (TPSA) is 59.8 Å². The van der Waals surface area contributed by atoms with Crippen molar-refractivity contribution in [3.05, 3.63) is 60.3 Å². The zero-order valence-corrected chi connectivity index (χ0v) is 16.7. The predicted molar refractivity (Wildman–Crippen MR) is 114 cm³/mol. The highest BCUT2D eigenvalue weighted by molar-refractivity contribution is 5.80. The molecule has 0 bridgehead atoms. The molecule has 0 saturated carbocycles. The molecule has 0 aliphatic heterocycles. The van der Waals surface area contributed by atoms with Gasteiger partial charge in [-0.05, 0) is 36.1 Å². The summed E-state index contributed by atoms with van der Waals surface area (Å²) in [5.41, 5.74) is 2.32. The summed E-state index contributed by atoms with van der Waals surface area (Å²) in [6.07, 6.45) is 3.15. The van der Waals surface area contributed by atoms with Gasteiger partial charge in [-0.25, -0.2) is 0 Å². The molecule has 0 aliphatic carbocycles. The Hall–Kier alpha value is -3.15. The van der Waals surface area contributed by atoms with Crippen molar-refractivity contribution in [1.82, 2.24) is 15.2 Å². The SMILES string of the molecule is CN=C(NCCCn1ccc2ccccc21)NCc1ccc(OC)cc1OC. The molecule has 0 fully saturated rings. The zero-order valence-electron chi connectivity index (χ0n) is 16.7. The lowest BCUT2D eigenvalue weighted by Gasteiger charge is -2.14. The van der Waals surface area contributed by atoms with Gasteiger partial charge in [-0.3, -0.25) is 4.99 Å². The van der Waals surface area contributed by atoms with Crippen molar-refractivity contribution in [3.8, 4) is 11.5 Å². The number of hydrogen-bond donors (Lipinski definition) is 2. The van der Waals surface area contributed by atoms with Crippen LogP contribution in [0, 0.1) is 0 Å². The lowest BCUT2D eigenvalue weighted by molar-refractivity contribution is 0.390. The van der Waals surface area contributed by atoms with Gasteiger partial charge in [-0.2, -0.15) is 0 Å². The predicted octanol–water partition coefficient (Wildman–Crippen LogP) is 3.41. The van der Waals surface area contributed by atoms with Gasteiger partial charge in [-0.15, -0.1) is 0 Å². The summed E-state index contributed by atoms with van der Waals surface area (Å²) in [7, 11) is 5.09. The molecular formula is C22H28N4O2. The molecule has 2 aromatic carbocycles. The fraction of sp³-hybridized carbons (Fsp3) is 0.318. The van der Waals surface area contributed by atoms with Gasteiger partial charge >= 0.3 is 0 Å². The number of aryl methyl sites for hydroxylation is 1. The summed E-state index contributed by atoms with van der Waals surface area (Å²) in [6, 6.07) is 16.4. The zero-order chi connectivity index (χ0) is 19.8. The second-order valence-corrected chi connectivity index (χ2v) is 6.45. The van der Waals surface area contributed by atoms with E-state index in [1.165, 1.54) is 10.9 Å². The van der Waals surface area contributed by atoms with Crippen LogP contribution in [0.4, 0.5) is 0 Å². The maximum Gasteiger partial charge on any atom is 0.191 e. The highest BCUT2D eigenvalue weighted by Crippen LogP contribution is 2.24. The average molecular weight is 380 g/mol. The number of fused-ring (bicyclic) bond motifs is 1. The maximum atomic E-state index is 5.45. The van der Waals surface area contributed by atoms with Gasteiger partial charge in [0.2, 0.25) is 0 Å². The lowest BCUT2D eigenvalue weighted by atomic mass is 10.2. The average Bonchev–Trinajstić information content (AvgIpc) is 3.16. The lowest BCUT2D eigenvalue weighted by Crippen LogP contribution is -2.37. The first-order chi connectivity index (χ1) is 13.7. The monoisotopic (exact) mass is 380 g/mol. The molecule has 0 aliphatic rings. The fourth-order valence-corrected chi connectivity index (χ4v) is 3.19. The van der Waals surface area contributed by atoms with E-state index >= 15 is 0 Å². The van der Waals surface area contributed by atoms with E-state index in [9.17, 15) is 0 Å². The number of aliphatic imine (C=N–C) groups is 1. The van der Waals surface area contributed by atoms with Crippen molar-refractivity contribution in [2.24, 2.45) is 4.99 Å². The summed E-state index contributed by atoms with van der Waals surface area (Å²) < 4.78 is 13.0. The number of guanidine groups is 1. The van der Waals surface area contributed by atoms with Gasteiger partial charge in [0, 0.05) is 50.0 Å². The Balaban J connectivity index is 1.47. The second-order valence-electron chi connectivity index (χ2n) is 6.45. The minimum atomic E-state index is 0.620. The van der Waals surface area contributed by atoms with Crippen molar-refractivity contribution in [2.75, 3.05) is 27.8 Å². The minimum absolute atomic E-state index is 0.620. The Morgan fingerprint density at radius 1 is 1.04 bits per heavy atom. The third-order valence-electron chi connectivity index (χ3n) is 4.71. The first-order valence-corrected chi connectivity index (χ1v) is 9.44. The van der Waals surface area contributed by atoms with Gasteiger partial charge in [0.05, 0.1) is 14.2 Å². The molecule has 1 heterocycles. The molecular weight excluding hydrogens is 352 g/mol. The largest absolute Gasteiger partial charge is 0.497 e. The maximum absolute atomic E-state index is 5.45. The van der Waals surface area contributed by atoms with Crippen LogP contribution in [0.3, 0.4) is 0 Å². The molecule has 0 saturated heterocycles. The Bertz CT molecular complexity index is 933. The van der Waals surface area contributed by atoms with E-state index in [4.69, 9.17) is 9.47 Å². The number of ether oxygens (including phenoxy) is 2. The normalized spacial score (nSPS) is 11.5. The van der Waals surface area contributed by atoms with E-state index in [0.717, 1.165) is 42.5 Å². The summed E-state index contributed by atoms with van der Waals surface area (Å²) in [5.74, 6) is 2.35. The van der Waals surface area contributed by atoms with Crippen molar-refractivity contribution in [2.45, 2.75) is 19.5 Å². The molecule has 0 unspecified atom stereocenters. The van der Waals surface area contributed by atoms with Gasteiger partial charge in [-0.1, -0.05) is 18.2 Å². The van der Waals surface area contributed by atoms with E-state index in [2.05, 4.69) is 56.7 Å². The molecule has 1 aromatic heterocycles. The quantitative estimate of drug-likeness (QED) is 0.357. The van der Waals surface area contributed by atoms with Gasteiger partial charge in [0.25, 0.3) is 0 Å².